The maximum absolute atomic E-state index is 12.4. The highest BCUT2D eigenvalue weighted by atomic mass is 16.4. The summed E-state index contributed by atoms with van der Waals surface area (Å²) in [6.07, 6.45) is 12.6. The highest BCUT2D eigenvalue weighted by Crippen LogP contribution is 2.54. The zero-order valence-corrected chi connectivity index (χ0v) is 24.4. The summed E-state index contributed by atoms with van der Waals surface area (Å²) in [5.74, 6) is 1.04. The van der Waals surface area contributed by atoms with Gasteiger partial charge in [0.1, 0.15) is 6.04 Å². The SMILES string of the molecule is C=C[C@H]1CN([C@@H](C(=O)O)C2CCCCC2)C[C@@H]1CN1CCC(c2cc(C3(c4ccccc4)CC3)n(CC)n2)CC1. The molecular weight excluding hydrogens is 496 g/mol. The van der Waals surface area contributed by atoms with Crippen LogP contribution in [0, 0.1) is 17.8 Å². The fourth-order valence-electron chi connectivity index (χ4n) is 8.30. The maximum Gasteiger partial charge on any atom is 0.321 e. The molecule has 3 heterocycles. The van der Waals surface area contributed by atoms with Gasteiger partial charge < -0.3 is 10.0 Å². The number of aryl methyl sites for hydroxylation is 1. The first-order chi connectivity index (χ1) is 19.5. The summed E-state index contributed by atoms with van der Waals surface area (Å²) in [4.78, 5) is 17.3. The van der Waals surface area contributed by atoms with Crippen molar-refractivity contribution in [3.8, 4) is 0 Å². The van der Waals surface area contributed by atoms with Gasteiger partial charge in [-0.3, -0.25) is 14.4 Å². The van der Waals surface area contributed by atoms with Crippen molar-refractivity contribution in [2.75, 3.05) is 32.7 Å². The van der Waals surface area contributed by atoms with Gasteiger partial charge in [0.15, 0.2) is 0 Å². The molecule has 6 heteroatoms. The number of aliphatic carboxylic acids is 1. The highest BCUT2D eigenvalue weighted by molar-refractivity contribution is 5.74. The van der Waals surface area contributed by atoms with Crippen LogP contribution >= 0.6 is 0 Å². The molecule has 216 valence electrons. The number of carboxylic acid groups (broad SMARTS) is 1. The Balaban J connectivity index is 1.08. The minimum Gasteiger partial charge on any atom is -0.480 e. The standard InChI is InChI=1S/C34H48N4O2/c1-3-25-23-37(32(33(39)40)27-11-7-5-8-12-27)24-28(25)22-36-19-15-26(16-20-36)30-21-31(38(4-2)35-30)34(17-18-34)29-13-9-6-10-14-29/h3,6,9-10,13-14,21,25-28,32H,1,4-5,7-8,11-12,15-20,22-24H2,2H3,(H,39,40)/t25-,28-,32+/m0/s1. The Bertz CT molecular complexity index is 1160. The van der Waals surface area contributed by atoms with E-state index in [2.05, 4.69) is 70.5 Å². The average Bonchev–Trinajstić information content (AvgIpc) is 3.52. The number of benzene rings is 1. The molecular formula is C34H48N4O2. The molecule has 3 atom stereocenters. The van der Waals surface area contributed by atoms with Gasteiger partial charge in [0.25, 0.3) is 0 Å². The van der Waals surface area contributed by atoms with Gasteiger partial charge in [0.2, 0.25) is 0 Å². The fraction of sp³-hybridized carbons (Fsp3) is 0.647. The van der Waals surface area contributed by atoms with Crippen LogP contribution in [0.2, 0.25) is 0 Å². The second-order valence-corrected chi connectivity index (χ2v) is 13.1. The van der Waals surface area contributed by atoms with E-state index in [0.29, 0.717) is 23.7 Å². The van der Waals surface area contributed by atoms with Crippen LogP contribution < -0.4 is 0 Å². The summed E-state index contributed by atoms with van der Waals surface area (Å²) in [5.41, 5.74) is 4.28. The molecule has 40 heavy (non-hydrogen) atoms. The molecule has 2 aliphatic carbocycles. The first kappa shape index (κ1) is 27.7. The second kappa shape index (κ2) is 11.8. The number of carbonyl (C=O) groups is 1. The van der Waals surface area contributed by atoms with Gasteiger partial charge in [-0.2, -0.15) is 5.10 Å². The number of piperidine rings is 1. The van der Waals surface area contributed by atoms with E-state index in [1.54, 1.807) is 0 Å². The van der Waals surface area contributed by atoms with E-state index in [-0.39, 0.29) is 11.5 Å². The molecule has 2 aromatic rings. The van der Waals surface area contributed by atoms with Crippen LogP contribution in [0.3, 0.4) is 0 Å². The molecule has 6 rings (SSSR count). The summed E-state index contributed by atoms with van der Waals surface area (Å²) in [5, 5.41) is 15.3. The van der Waals surface area contributed by atoms with Crippen LogP contribution in [0.25, 0.3) is 0 Å². The number of carboxylic acids is 1. The molecule has 1 aromatic heterocycles. The molecule has 0 bridgehead atoms. The lowest BCUT2D eigenvalue weighted by Crippen LogP contribution is -2.46. The van der Waals surface area contributed by atoms with E-state index >= 15 is 0 Å². The number of nitrogens with zero attached hydrogens (tertiary/aromatic N) is 4. The minimum atomic E-state index is -0.623. The largest absolute Gasteiger partial charge is 0.480 e. The van der Waals surface area contributed by atoms with Crippen LogP contribution in [0.5, 0.6) is 0 Å². The van der Waals surface area contributed by atoms with Gasteiger partial charge in [0, 0.05) is 43.2 Å². The lowest BCUT2D eigenvalue weighted by Gasteiger charge is -2.35. The van der Waals surface area contributed by atoms with Crippen LogP contribution in [0.4, 0.5) is 0 Å². The van der Waals surface area contributed by atoms with Gasteiger partial charge in [-0.1, -0.05) is 55.7 Å². The molecule has 1 N–H and O–H groups in total. The molecule has 6 nitrogen and oxygen atoms in total. The molecule has 2 aliphatic heterocycles. The van der Waals surface area contributed by atoms with Crippen molar-refractivity contribution >= 4 is 5.97 Å². The van der Waals surface area contributed by atoms with Gasteiger partial charge >= 0.3 is 5.97 Å². The van der Waals surface area contributed by atoms with E-state index in [1.807, 2.05) is 0 Å². The van der Waals surface area contributed by atoms with Crippen LogP contribution in [-0.4, -0.2) is 69.4 Å². The first-order valence-electron chi connectivity index (χ1n) is 16.0. The molecule has 0 spiro atoms. The van der Waals surface area contributed by atoms with E-state index in [4.69, 9.17) is 5.10 Å². The molecule has 4 fully saturated rings. The normalized spacial score (nSPS) is 27.0. The number of aromatic nitrogens is 2. The zero-order chi connectivity index (χ0) is 27.7. The summed E-state index contributed by atoms with van der Waals surface area (Å²) in [6.45, 7) is 12.2. The monoisotopic (exact) mass is 544 g/mol. The Morgan fingerprint density at radius 1 is 1.10 bits per heavy atom. The van der Waals surface area contributed by atoms with Crippen molar-refractivity contribution < 1.29 is 9.90 Å². The van der Waals surface area contributed by atoms with Crippen molar-refractivity contribution in [2.45, 2.75) is 88.6 Å². The number of hydrogen-bond acceptors (Lipinski definition) is 4. The van der Waals surface area contributed by atoms with Crippen molar-refractivity contribution in [3.63, 3.8) is 0 Å². The maximum atomic E-state index is 12.4. The van der Waals surface area contributed by atoms with Gasteiger partial charge in [0.05, 0.1) is 5.69 Å². The lowest BCUT2D eigenvalue weighted by atomic mass is 9.83. The average molecular weight is 545 g/mol. The molecule has 0 radical (unpaired) electrons. The molecule has 2 saturated heterocycles. The Labute approximate surface area is 240 Å². The molecule has 2 saturated carbocycles. The van der Waals surface area contributed by atoms with Crippen molar-refractivity contribution in [3.05, 3.63) is 66.0 Å². The Morgan fingerprint density at radius 3 is 2.45 bits per heavy atom. The lowest BCUT2D eigenvalue weighted by molar-refractivity contribution is -0.145. The van der Waals surface area contributed by atoms with E-state index in [0.717, 1.165) is 65.0 Å². The third-order valence-electron chi connectivity index (χ3n) is 10.7. The minimum absolute atomic E-state index is 0.155. The zero-order valence-electron chi connectivity index (χ0n) is 24.4. The third-order valence-corrected chi connectivity index (χ3v) is 10.7. The predicted molar refractivity (Wildman–Crippen MR) is 160 cm³/mol. The summed E-state index contributed by atoms with van der Waals surface area (Å²) in [7, 11) is 0. The van der Waals surface area contributed by atoms with Crippen LogP contribution in [0.15, 0.2) is 49.1 Å². The summed E-state index contributed by atoms with van der Waals surface area (Å²) < 4.78 is 2.27. The number of likely N-dealkylation sites (tertiary alicyclic amines) is 2. The number of hydrogen-bond donors (Lipinski definition) is 1. The smallest absolute Gasteiger partial charge is 0.321 e. The van der Waals surface area contributed by atoms with Gasteiger partial charge in [-0.15, -0.1) is 6.58 Å². The van der Waals surface area contributed by atoms with Crippen molar-refractivity contribution in [1.82, 2.24) is 19.6 Å². The van der Waals surface area contributed by atoms with Crippen molar-refractivity contribution in [1.29, 1.82) is 0 Å². The van der Waals surface area contributed by atoms with Gasteiger partial charge in [-0.05, 0) is 87.9 Å². The highest BCUT2D eigenvalue weighted by Gasteiger charge is 2.48. The van der Waals surface area contributed by atoms with E-state index < -0.39 is 5.97 Å². The first-order valence-corrected chi connectivity index (χ1v) is 16.0. The number of rotatable bonds is 10. The molecule has 0 amide bonds. The quantitative estimate of drug-likeness (QED) is 0.376. The van der Waals surface area contributed by atoms with Gasteiger partial charge in [-0.25, -0.2) is 0 Å². The van der Waals surface area contributed by atoms with Crippen LogP contribution in [-0.2, 0) is 16.8 Å². The fourth-order valence-corrected chi connectivity index (χ4v) is 8.30. The molecule has 0 unspecified atom stereocenters. The van der Waals surface area contributed by atoms with E-state index in [9.17, 15) is 9.90 Å². The summed E-state index contributed by atoms with van der Waals surface area (Å²) in [6, 6.07) is 13.1. The predicted octanol–water partition coefficient (Wildman–Crippen LogP) is 5.93. The second-order valence-electron chi connectivity index (χ2n) is 13.1. The summed E-state index contributed by atoms with van der Waals surface area (Å²) >= 11 is 0. The third kappa shape index (κ3) is 5.42. The van der Waals surface area contributed by atoms with E-state index in [1.165, 1.54) is 49.1 Å². The topological polar surface area (TPSA) is 61.6 Å². The van der Waals surface area contributed by atoms with Crippen LogP contribution in [0.1, 0.15) is 87.6 Å². The Hall–Kier alpha value is -2.44. The van der Waals surface area contributed by atoms with Crippen molar-refractivity contribution in [2.24, 2.45) is 17.8 Å². The Morgan fingerprint density at radius 2 is 1.82 bits per heavy atom. The molecule has 1 aromatic carbocycles. The molecule has 4 aliphatic rings. The Kier molecular flexibility index (Phi) is 8.18.